The van der Waals surface area contributed by atoms with Gasteiger partial charge in [-0.25, -0.2) is 0 Å². The molecule has 0 saturated heterocycles. The second-order valence-electron chi connectivity index (χ2n) is 5.18. The fraction of sp³-hybridized carbons (Fsp3) is 0.278. The molecule has 2 aromatic rings. The largest absolute Gasteiger partial charge is 0.496 e. The molecule has 0 aromatic heterocycles. The highest BCUT2D eigenvalue weighted by Crippen LogP contribution is 2.33. The van der Waals surface area contributed by atoms with Crippen LogP contribution in [-0.2, 0) is 0 Å². The van der Waals surface area contributed by atoms with Crippen molar-refractivity contribution in [1.82, 2.24) is 0 Å². The summed E-state index contributed by atoms with van der Waals surface area (Å²) in [7, 11) is 3.09. The Balaban J connectivity index is 2.19. The summed E-state index contributed by atoms with van der Waals surface area (Å²) >= 11 is 0. The van der Waals surface area contributed by atoms with Crippen LogP contribution in [0.2, 0.25) is 0 Å². The van der Waals surface area contributed by atoms with E-state index in [1.54, 1.807) is 32.4 Å². The van der Waals surface area contributed by atoms with Crippen molar-refractivity contribution in [2.45, 2.75) is 20.0 Å². The molecule has 2 aromatic carbocycles. The highest BCUT2D eigenvalue weighted by atomic mass is 31.1. The predicted molar refractivity (Wildman–Crippen MR) is 94.0 cm³/mol. The van der Waals surface area contributed by atoms with Gasteiger partial charge in [-0.1, -0.05) is 18.2 Å². The van der Waals surface area contributed by atoms with Gasteiger partial charge >= 0.3 is 0 Å². The van der Waals surface area contributed by atoms with E-state index in [-0.39, 0.29) is 20.2 Å². The first-order chi connectivity index (χ1) is 11.0. The highest BCUT2D eigenvalue weighted by Gasteiger charge is 2.18. The summed E-state index contributed by atoms with van der Waals surface area (Å²) in [6, 6.07) is 12.9. The Bertz CT molecular complexity index is 643. The zero-order chi connectivity index (χ0) is 16.8. The topological polar surface area (TPSA) is 44.8 Å². The molecule has 4 nitrogen and oxygen atoms in total. The lowest BCUT2D eigenvalue weighted by Crippen LogP contribution is -2.07. The van der Waals surface area contributed by atoms with Gasteiger partial charge in [0.05, 0.1) is 20.3 Å². The smallest absolute Gasteiger partial charge is 0.193 e. The third-order valence-electron chi connectivity index (χ3n) is 3.14. The highest BCUT2D eigenvalue weighted by molar-refractivity contribution is 7.66. The molecule has 0 radical (unpaired) electrons. The molecule has 1 unspecified atom stereocenters. The van der Waals surface area contributed by atoms with E-state index >= 15 is 0 Å². The van der Waals surface area contributed by atoms with Crippen molar-refractivity contribution in [2.24, 2.45) is 0 Å². The number of hydrogen-bond donors (Lipinski definition) is 0. The summed E-state index contributed by atoms with van der Waals surface area (Å²) in [5.41, 5.74) is 0.468. The Morgan fingerprint density at radius 2 is 1.52 bits per heavy atom. The maximum absolute atomic E-state index is 12.7. The molecular weight excluding hydrogens is 311 g/mol. The maximum atomic E-state index is 12.7. The molecule has 1 atom stereocenters. The van der Waals surface area contributed by atoms with Gasteiger partial charge in [-0.15, -0.1) is 0 Å². The molecule has 0 bridgehead atoms. The first kappa shape index (κ1) is 17.3. The summed E-state index contributed by atoms with van der Waals surface area (Å²) in [6.07, 6.45) is 0.128. The summed E-state index contributed by atoms with van der Waals surface area (Å²) in [5.74, 6) is 1.86. The van der Waals surface area contributed by atoms with Crippen LogP contribution in [-0.4, -0.2) is 25.8 Å². The summed E-state index contributed by atoms with van der Waals surface area (Å²) < 4.78 is 16.2. The number of rotatable bonds is 7. The molecule has 0 saturated carbocycles. The van der Waals surface area contributed by atoms with Crippen LogP contribution in [0.3, 0.4) is 0 Å². The molecule has 5 heteroatoms. The summed E-state index contributed by atoms with van der Waals surface area (Å²) in [6.45, 7) is 3.96. The Labute approximate surface area is 138 Å². The fourth-order valence-corrected chi connectivity index (χ4v) is 3.12. The van der Waals surface area contributed by atoms with Crippen molar-refractivity contribution in [1.29, 1.82) is 0 Å². The van der Waals surface area contributed by atoms with E-state index in [1.807, 2.05) is 38.1 Å². The average molecular weight is 332 g/mol. The fourth-order valence-electron chi connectivity index (χ4n) is 2.16. The lowest BCUT2D eigenvalue weighted by atomic mass is 10.2. The lowest BCUT2D eigenvalue weighted by molar-refractivity contribution is 0.108. The predicted octanol–water partition coefficient (Wildman–Crippen LogP) is 3.64. The molecule has 0 N–H and O–H groups in total. The zero-order valence-electron chi connectivity index (χ0n) is 13.8. The van der Waals surface area contributed by atoms with Gasteiger partial charge in [0.25, 0.3) is 0 Å². The van der Waals surface area contributed by atoms with E-state index in [0.717, 1.165) is 11.1 Å². The normalized spacial score (nSPS) is 11.0. The molecule has 0 aliphatic rings. The second kappa shape index (κ2) is 7.98. The van der Waals surface area contributed by atoms with Crippen molar-refractivity contribution >= 4 is 19.4 Å². The maximum Gasteiger partial charge on any atom is 0.193 e. The van der Waals surface area contributed by atoms with E-state index in [9.17, 15) is 4.79 Å². The Morgan fingerprint density at radius 3 is 2.00 bits per heavy atom. The summed E-state index contributed by atoms with van der Waals surface area (Å²) in [5, 5.41) is 0.944. The van der Waals surface area contributed by atoms with E-state index in [0.29, 0.717) is 17.1 Å². The number of carbonyl (C=O) groups excluding carboxylic acids is 1. The van der Waals surface area contributed by atoms with Crippen molar-refractivity contribution in [3.63, 3.8) is 0 Å². The van der Waals surface area contributed by atoms with Gasteiger partial charge in [-0.05, 0) is 52.0 Å². The molecular formula is C18H21O4P. The molecule has 2 rings (SSSR count). The molecule has 0 spiro atoms. The number of hydrogen-bond acceptors (Lipinski definition) is 4. The van der Waals surface area contributed by atoms with Crippen LogP contribution in [0.1, 0.15) is 24.2 Å². The van der Waals surface area contributed by atoms with Gasteiger partial charge in [-0.3, -0.25) is 4.79 Å². The van der Waals surface area contributed by atoms with Crippen LogP contribution in [0.15, 0.2) is 42.5 Å². The molecule has 0 heterocycles. The third kappa shape index (κ3) is 4.46. The minimum Gasteiger partial charge on any atom is -0.496 e. The number of benzene rings is 2. The molecule has 0 aliphatic heterocycles. The van der Waals surface area contributed by atoms with E-state index in [2.05, 4.69) is 0 Å². The van der Waals surface area contributed by atoms with Gasteiger partial charge in [0.15, 0.2) is 5.52 Å². The standard InChI is InChI=1S/C18H21O4P/c1-12(2)22-13-8-10-14(11-9-13)23-18(19)17-15(20-3)6-5-7-16(17)21-4/h5-12,23H,1-4H3. The van der Waals surface area contributed by atoms with Crippen LogP contribution in [0.4, 0.5) is 0 Å². The van der Waals surface area contributed by atoms with Crippen LogP contribution >= 0.6 is 8.58 Å². The minimum atomic E-state index is -0.0168. The SMILES string of the molecule is COc1cccc(OC)c1C(=O)Pc1ccc(OC(C)C)cc1. The van der Waals surface area contributed by atoms with Crippen LogP contribution in [0, 0.1) is 0 Å². The van der Waals surface area contributed by atoms with Gasteiger partial charge in [0.2, 0.25) is 0 Å². The molecule has 0 aliphatic carbocycles. The van der Waals surface area contributed by atoms with E-state index in [1.165, 1.54) is 0 Å². The van der Waals surface area contributed by atoms with E-state index in [4.69, 9.17) is 14.2 Å². The quantitative estimate of drug-likeness (QED) is 0.726. The number of ether oxygens (including phenoxy) is 3. The molecule has 0 amide bonds. The summed E-state index contributed by atoms with van der Waals surface area (Å²) in [4.78, 5) is 12.7. The zero-order valence-corrected chi connectivity index (χ0v) is 14.8. The Morgan fingerprint density at radius 1 is 0.957 bits per heavy atom. The Kier molecular flexibility index (Phi) is 6.00. The Hall–Kier alpha value is -2.06. The lowest BCUT2D eigenvalue weighted by Gasteiger charge is -2.12. The molecule has 23 heavy (non-hydrogen) atoms. The van der Waals surface area contributed by atoms with Crippen LogP contribution < -0.4 is 19.5 Å². The van der Waals surface area contributed by atoms with Gasteiger partial charge in [0, 0.05) is 0 Å². The van der Waals surface area contributed by atoms with Crippen LogP contribution in [0.25, 0.3) is 0 Å². The van der Waals surface area contributed by atoms with Crippen molar-refractivity contribution < 1.29 is 19.0 Å². The molecule has 0 fully saturated rings. The van der Waals surface area contributed by atoms with Crippen molar-refractivity contribution in [3.05, 3.63) is 48.0 Å². The first-order valence-electron chi connectivity index (χ1n) is 7.34. The third-order valence-corrected chi connectivity index (χ3v) is 4.24. The minimum absolute atomic E-state index is 0.00765. The van der Waals surface area contributed by atoms with Crippen LogP contribution in [0.5, 0.6) is 17.2 Å². The van der Waals surface area contributed by atoms with Gasteiger partial charge < -0.3 is 14.2 Å². The van der Waals surface area contributed by atoms with E-state index < -0.39 is 0 Å². The van der Waals surface area contributed by atoms with Gasteiger partial charge in [0.1, 0.15) is 22.8 Å². The second-order valence-corrected chi connectivity index (χ2v) is 6.46. The van der Waals surface area contributed by atoms with Gasteiger partial charge in [-0.2, -0.15) is 0 Å². The molecule has 122 valence electrons. The van der Waals surface area contributed by atoms with Crippen molar-refractivity contribution in [2.75, 3.05) is 14.2 Å². The van der Waals surface area contributed by atoms with Crippen molar-refractivity contribution in [3.8, 4) is 17.2 Å². The number of carbonyl (C=O) groups is 1. The average Bonchev–Trinajstić information content (AvgIpc) is 2.55. The monoisotopic (exact) mass is 332 g/mol. The first-order valence-corrected chi connectivity index (χ1v) is 8.34. The number of methoxy groups -OCH3 is 2.